The number of nitrogens with zero attached hydrogens (tertiary/aromatic N) is 2. The highest BCUT2D eigenvalue weighted by atomic mass is 32.2. The fraction of sp³-hybridized carbons (Fsp3) is 0.100. The average Bonchev–Trinajstić information content (AvgIpc) is 3.37. The van der Waals surface area contributed by atoms with E-state index in [1.165, 1.54) is 11.8 Å². The number of fused-ring (bicyclic) bond motifs is 1. The van der Waals surface area contributed by atoms with Crippen molar-refractivity contribution in [2.24, 2.45) is 0 Å². The molecule has 0 radical (unpaired) electrons. The van der Waals surface area contributed by atoms with Gasteiger partial charge < -0.3 is 9.72 Å². The monoisotopic (exact) mass is 489 g/mol. The number of hydrogen-bond acceptors (Lipinski definition) is 5. The van der Waals surface area contributed by atoms with Crippen LogP contribution in [0, 0.1) is 11.3 Å². The molecule has 0 spiro atoms. The number of carbonyl (C=O) groups is 1. The summed E-state index contributed by atoms with van der Waals surface area (Å²) < 4.78 is 5.30. The Morgan fingerprint density at radius 2 is 1.69 bits per heavy atom. The number of aromatic nitrogens is 2. The van der Waals surface area contributed by atoms with Gasteiger partial charge in [0.15, 0.2) is 5.78 Å². The molecular weight excluding hydrogens is 466 g/mol. The van der Waals surface area contributed by atoms with Gasteiger partial charge >= 0.3 is 0 Å². The van der Waals surface area contributed by atoms with Crippen LogP contribution in [0.5, 0.6) is 5.75 Å². The van der Waals surface area contributed by atoms with Gasteiger partial charge in [0.2, 0.25) is 0 Å². The molecule has 0 aliphatic rings. The number of aromatic amines is 1. The zero-order chi connectivity index (χ0) is 25.1. The summed E-state index contributed by atoms with van der Waals surface area (Å²) in [5.41, 5.74) is 5.23. The zero-order valence-corrected chi connectivity index (χ0v) is 20.7. The van der Waals surface area contributed by atoms with E-state index in [0.717, 1.165) is 39.0 Å². The summed E-state index contributed by atoms with van der Waals surface area (Å²) in [6.45, 7) is 1.85. The number of rotatable bonds is 7. The second kappa shape index (κ2) is 10.1. The third-order valence-corrected chi connectivity index (χ3v) is 7.11. The molecule has 1 atom stereocenters. The lowest BCUT2D eigenvalue weighted by Gasteiger charge is -2.15. The number of thioether (sulfide) groups is 1. The van der Waals surface area contributed by atoms with Crippen molar-refractivity contribution in [3.63, 3.8) is 0 Å². The smallest absolute Gasteiger partial charge is 0.192 e. The molecule has 5 aromatic rings. The Hall–Kier alpha value is -4.34. The van der Waals surface area contributed by atoms with E-state index in [-0.39, 0.29) is 5.78 Å². The summed E-state index contributed by atoms with van der Waals surface area (Å²) in [5.74, 6) is 0.694. The van der Waals surface area contributed by atoms with E-state index in [2.05, 4.69) is 11.1 Å². The van der Waals surface area contributed by atoms with Crippen molar-refractivity contribution in [3.05, 3.63) is 102 Å². The maximum Gasteiger partial charge on any atom is 0.192 e. The highest BCUT2D eigenvalue weighted by molar-refractivity contribution is 8.00. The quantitative estimate of drug-likeness (QED) is 0.194. The second-order valence-corrected chi connectivity index (χ2v) is 9.67. The van der Waals surface area contributed by atoms with Crippen molar-refractivity contribution in [2.45, 2.75) is 17.2 Å². The lowest BCUT2D eigenvalue weighted by atomic mass is 9.99. The summed E-state index contributed by atoms with van der Waals surface area (Å²) in [5, 5.41) is 11.2. The number of benzene rings is 3. The van der Waals surface area contributed by atoms with E-state index in [1.807, 2.05) is 97.9 Å². The lowest BCUT2D eigenvalue weighted by molar-refractivity contribution is 0.0990. The van der Waals surface area contributed by atoms with Crippen LogP contribution in [0.4, 0.5) is 0 Å². The first-order chi connectivity index (χ1) is 17.6. The molecule has 6 heteroatoms. The Morgan fingerprint density at radius 3 is 2.39 bits per heavy atom. The molecule has 2 aromatic heterocycles. The van der Waals surface area contributed by atoms with Crippen LogP contribution in [0.2, 0.25) is 0 Å². The minimum Gasteiger partial charge on any atom is -0.497 e. The summed E-state index contributed by atoms with van der Waals surface area (Å²) >= 11 is 1.31. The van der Waals surface area contributed by atoms with Gasteiger partial charge in [-0.25, -0.2) is 4.98 Å². The highest BCUT2D eigenvalue weighted by Gasteiger charge is 2.23. The Bertz CT molecular complexity index is 1550. The van der Waals surface area contributed by atoms with Crippen LogP contribution in [0.25, 0.3) is 33.3 Å². The lowest BCUT2D eigenvalue weighted by Crippen LogP contribution is -2.14. The number of nitrogens with one attached hydrogen (secondary N) is 1. The van der Waals surface area contributed by atoms with E-state index in [4.69, 9.17) is 9.72 Å². The molecule has 5 nitrogen and oxygen atoms in total. The summed E-state index contributed by atoms with van der Waals surface area (Å²) in [6, 6.07) is 31.4. The second-order valence-electron chi connectivity index (χ2n) is 8.34. The number of methoxy groups -OCH3 is 1. The van der Waals surface area contributed by atoms with Gasteiger partial charge in [-0.15, -0.1) is 0 Å². The van der Waals surface area contributed by atoms with Crippen LogP contribution in [-0.4, -0.2) is 28.1 Å². The number of ether oxygens (including phenoxy) is 1. The van der Waals surface area contributed by atoms with Gasteiger partial charge in [-0.3, -0.25) is 4.79 Å². The van der Waals surface area contributed by atoms with E-state index in [0.29, 0.717) is 16.3 Å². The maximum absolute atomic E-state index is 13.3. The molecule has 0 aliphatic heterocycles. The predicted octanol–water partition coefficient (Wildman–Crippen LogP) is 7.14. The molecule has 2 heterocycles. The number of hydrogen-bond donors (Lipinski definition) is 1. The first-order valence-electron chi connectivity index (χ1n) is 11.5. The van der Waals surface area contributed by atoms with Gasteiger partial charge in [0.1, 0.15) is 16.8 Å². The molecule has 0 bridgehead atoms. The van der Waals surface area contributed by atoms with Crippen LogP contribution < -0.4 is 4.74 Å². The SMILES string of the molecule is COc1ccc(-c2cc(-c3ccccc3)nc(SC(C)C(=O)c3cc4ccccc4[nH]3)c2C#N)cc1. The molecule has 0 saturated heterocycles. The third-order valence-electron chi connectivity index (χ3n) is 6.02. The van der Waals surface area contributed by atoms with Crippen molar-refractivity contribution in [1.82, 2.24) is 9.97 Å². The fourth-order valence-electron chi connectivity index (χ4n) is 4.12. The van der Waals surface area contributed by atoms with E-state index < -0.39 is 5.25 Å². The largest absolute Gasteiger partial charge is 0.497 e. The van der Waals surface area contributed by atoms with Gasteiger partial charge in [0.25, 0.3) is 0 Å². The molecule has 36 heavy (non-hydrogen) atoms. The fourth-order valence-corrected chi connectivity index (χ4v) is 5.11. The van der Waals surface area contributed by atoms with Gasteiger partial charge in [-0.2, -0.15) is 5.26 Å². The predicted molar refractivity (Wildman–Crippen MR) is 144 cm³/mol. The Balaban J connectivity index is 1.57. The van der Waals surface area contributed by atoms with Crippen LogP contribution in [0.1, 0.15) is 23.0 Å². The first-order valence-corrected chi connectivity index (χ1v) is 12.4. The zero-order valence-electron chi connectivity index (χ0n) is 19.9. The van der Waals surface area contributed by atoms with Crippen LogP contribution in [0.3, 0.4) is 0 Å². The number of ketones is 1. The van der Waals surface area contributed by atoms with Crippen molar-refractivity contribution in [1.29, 1.82) is 5.26 Å². The molecule has 0 aliphatic carbocycles. The Labute approximate surface area is 213 Å². The van der Waals surface area contributed by atoms with Crippen LogP contribution >= 0.6 is 11.8 Å². The minimum atomic E-state index is -0.451. The maximum atomic E-state index is 13.3. The molecule has 176 valence electrons. The van der Waals surface area contributed by atoms with Gasteiger partial charge in [-0.05, 0) is 42.8 Å². The number of pyridine rings is 1. The molecule has 5 rings (SSSR count). The standard InChI is InChI=1S/C30H23N3O2S/c1-19(29(34)28-16-22-10-6-7-11-26(22)32-28)36-30-25(18-31)24(20-12-14-23(35-2)15-13-20)17-27(33-30)21-8-4-3-5-9-21/h3-17,19,32H,1-2H3. The van der Waals surface area contributed by atoms with Crippen LogP contribution in [0.15, 0.2) is 96.0 Å². The summed E-state index contributed by atoms with van der Waals surface area (Å²) in [4.78, 5) is 21.4. The van der Waals surface area contributed by atoms with Crippen molar-refractivity contribution < 1.29 is 9.53 Å². The molecule has 3 aromatic carbocycles. The number of carbonyl (C=O) groups excluding carboxylic acids is 1. The topological polar surface area (TPSA) is 78.8 Å². The van der Waals surface area contributed by atoms with Gasteiger partial charge in [-0.1, -0.05) is 72.4 Å². The van der Waals surface area contributed by atoms with E-state index >= 15 is 0 Å². The number of H-pyrrole nitrogens is 1. The summed E-state index contributed by atoms with van der Waals surface area (Å²) in [6.07, 6.45) is 0. The van der Waals surface area contributed by atoms with E-state index in [1.54, 1.807) is 7.11 Å². The van der Waals surface area contributed by atoms with E-state index in [9.17, 15) is 10.1 Å². The molecule has 1 N–H and O–H groups in total. The van der Waals surface area contributed by atoms with Crippen molar-refractivity contribution >= 4 is 28.4 Å². The van der Waals surface area contributed by atoms with Crippen molar-refractivity contribution in [2.75, 3.05) is 7.11 Å². The number of para-hydroxylation sites is 1. The first kappa shape index (κ1) is 23.4. The van der Waals surface area contributed by atoms with Gasteiger partial charge in [0.05, 0.1) is 29.3 Å². The normalized spacial score (nSPS) is 11.7. The molecule has 0 fully saturated rings. The Kier molecular flexibility index (Phi) is 6.57. The van der Waals surface area contributed by atoms with Crippen LogP contribution in [-0.2, 0) is 0 Å². The number of Topliss-reactive ketones (excluding diaryl/α,β-unsaturated/α-hetero) is 1. The highest BCUT2D eigenvalue weighted by Crippen LogP contribution is 2.37. The van der Waals surface area contributed by atoms with Gasteiger partial charge in [0, 0.05) is 22.0 Å². The molecule has 1 unspecified atom stereocenters. The average molecular weight is 490 g/mol. The summed E-state index contributed by atoms with van der Waals surface area (Å²) in [7, 11) is 1.62. The Morgan fingerprint density at radius 1 is 0.972 bits per heavy atom. The number of nitriles is 1. The third kappa shape index (κ3) is 4.61. The molecule has 0 saturated carbocycles. The molecular formula is C30H23N3O2S. The van der Waals surface area contributed by atoms with Crippen molar-refractivity contribution in [3.8, 4) is 34.2 Å². The molecule has 0 amide bonds. The minimum absolute atomic E-state index is 0.0435.